The van der Waals surface area contributed by atoms with Gasteiger partial charge in [0.05, 0.1) is 6.10 Å². The fourth-order valence-corrected chi connectivity index (χ4v) is 3.18. The van der Waals surface area contributed by atoms with E-state index in [0.29, 0.717) is 17.9 Å². The summed E-state index contributed by atoms with van der Waals surface area (Å²) in [6.07, 6.45) is 7.98. The molecule has 1 heterocycles. The van der Waals surface area contributed by atoms with Crippen molar-refractivity contribution in [3.8, 4) is 0 Å². The highest BCUT2D eigenvalue weighted by Crippen LogP contribution is 2.19. The minimum absolute atomic E-state index is 0.300. The topological polar surface area (TPSA) is 55.4 Å². The molecule has 1 aliphatic rings. The lowest BCUT2D eigenvalue weighted by Gasteiger charge is -2.19. The highest BCUT2D eigenvalue weighted by atomic mass is 32.2. The summed E-state index contributed by atoms with van der Waals surface area (Å²) in [5.74, 6) is 0.300. The summed E-state index contributed by atoms with van der Waals surface area (Å²) in [5, 5.41) is 3.44. The Kier molecular flexibility index (Phi) is 7.19. The molecule has 0 amide bonds. The van der Waals surface area contributed by atoms with Crippen LogP contribution in [0.2, 0.25) is 0 Å². The Morgan fingerprint density at radius 3 is 2.72 bits per heavy atom. The molecule has 18 heavy (non-hydrogen) atoms. The van der Waals surface area contributed by atoms with Crippen molar-refractivity contribution in [3.05, 3.63) is 0 Å². The monoisotopic (exact) mass is 277 g/mol. The van der Waals surface area contributed by atoms with E-state index < -0.39 is 9.84 Å². The zero-order valence-electron chi connectivity index (χ0n) is 11.7. The van der Waals surface area contributed by atoms with Gasteiger partial charge in [-0.25, -0.2) is 8.42 Å². The summed E-state index contributed by atoms with van der Waals surface area (Å²) >= 11 is 0. The van der Waals surface area contributed by atoms with Gasteiger partial charge in [-0.2, -0.15) is 0 Å². The summed E-state index contributed by atoms with van der Waals surface area (Å²) < 4.78 is 27.8. The summed E-state index contributed by atoms with van der Waals surface area (Å²) in [6.45, 7) is 3.94. The fraction of sp³-hybridized carbons (Fsp3) is 1.00. The predicted octanol–water partition coefficient (Wildman–Crippen LogP) is 1.75. The molecule has 2 atom stereocenters. The molecule has 0 radical (unpaired) electrons. The number of sulfone groups is 1. The first-order valence-electron chi connectivity index (χ1n) is 7.04. The quantitative estimate of drug-likeness (QED) is 0.697. The molecule has 1 N–H and O–H groups in total. The number of hydrogen-bond donors (Lipinski definition) is 1. The largest absolute Gasteiger partial charge is 0.378 e. The molecule has 0 saturated carbocycles. The molecule has 0 aromatic rings. The van der Waals surface area contributed by atoms with Crippen molar-refractivity contribution in [2.75, 3.05) is 25.2 Å². The Balaban J connectivity index is 2.21. The van der Waals surface area contributed by atoms with Crippen molar-refractivity contribution in [1.82, 2.24) is 5.32 Å². The van der Waals surface area contributed by atoms with Gasteiger partial charge in [0.2, 0.25) is 0 Å². The third-order valence-electron chi connectivity index (χ3n) is 3.42. The molecule has 1 aliphatic heterocycles. The molecule has 0 aliphatic carbocycles. The van der Waals surface area contributed by atoms with Crippen LogP contribution in [0.3, 0.4) is 0 Å². The zero-order chi connectivity index (χ0) is 13.4. The molecular formula is C13H27NO3S. The maximum Gasteiger partial charge on any atom is 0.147 e. The van der Waals surface area contributed by atoms with E-state index in [1.807, 2.05) is 0 Å². The fourth-order valence-electron chi connectivity index (χ4n) is 2.49. The lowest BCUT2D eigenvalue weighted by atomic mass is 10.0. The first-order chi connectivity index (χ1) is 8.51. The molecular weight excluding hydrogens is 250 g/mol. The molecule has 2 unspecified atom stereocenters. The van der Waals surface area contributed by atoms with Crippen LogP contribution in [-0.2, 0) is 14.6 Å². The Bertz CT molecular complexity index is 310. The van der Waals surface area contributed by atoms with E-state index >= 15 is 0 Å². The SMILES string of the molecule is CCNC(CCCS(C)(=O)=O)CCC1CCCO1. The van der Waals surface area contributed by atoms with Crippen molar-refractivity contribution in [2.45, 2.75) is 57.6 Å². The van der Waals surface area contributed by atoms with Crippen LogP contribution in [0, 0.1) is 0 Å². The smallest absolute Gasteiger partial charge is 0.147 e. The number of rotatable bonds is 9. The second kappa shape index (κ2) is 8.12. The van der Waals surface area contributed by atoms with Gasteiger partial charge >= 0.3 is 0 Å². The summed E-state index contributed by atoms with van der Waals surface area (Å²) in [7, 11) is -2.82. The normalized spacial score (nSPS) is 22.2. The van der Waals surface area contributed by atoms with Crippen LogP contribution in [-0.4, -0.2) is 45.7 Å². The van der Waals surface area contributed by atoms with Crippen LogP contribution in [0.1, 0.15) is 45.4 Å². The average Bonchev–Trinajstić information content (AvgIpc) is 2.77. The highest BCUT2D eigenvalue weighted by Gasteiger charge is 2.17. The van der Waals surface area contributed by atoms with Gasteiger partial charge in [-0.3, -0.25) is 0 Å². The Hall–Kier alpha value is -0.130. The summed E-state index contributed by atoms with van der Waals surface area (Å²) in [6, 6.07) is 0.431. The van der Waals surface area contributed by atoms with Crippen molar-refractivity contribution >= 4 is 9.84 Å². The molecule has 1 saturated heterocycles. The molecule has 1 fully saturated rings. The van der Waals surface area contributed by atoms with Gasteiger partial charge in [-0.05, 0) is 45.1 Å². The van der Waals surface area contributed by atoms with E-state index in [0.717, 1.165) is 38.8 Å². The Morgan fingerprint density at radius 1 is 1.39 bits per heavy atom. The first kappa shape index (κ1) is 15.9. The molecule has 0 aromatic carbocycles. The Morgan fingerprint density at radius 2 is 2.17 bits per heavy atom. The molecule has 4 nitrogen and oxygen atoms in total. The summed E-state index contributed by atoms with van der Waals surface area (Å²) in [5.41, 5.74) is 0. The molecule has 0 bridgehead atoms. The van der Waals surface area contributed by atoms with Crippen LogP contribution in [0.4, 0.5) is 0 Å². The lowest BCUT2D eigenvalue weighted by molar-refractivity contribution is 0.0993. The van der Waals surface area contributed by atoms with E-state index in [4.69, 9.17) is 4.74 Å². The molecule has 1 rings (SSSR count). The van der Waals surface area contributed by atoms with Crippen LogP contribution < -0.4 is 5.32 Å². The number of nitrogens with one attached hydrogen (secondary N) is 1. The van der Waals surface area contributed by atoms with Crippen molar-refractivity contribution in [1.29, 1.82) is 0 Å². The molecule has 5 heteroatoms. The zero-order valence-corrected chi connectivity index (χ0v) is 12.5. The van der Waals surface area contributed by atoms with E-state index in [-0.39, 0.29) is 0 Å². The van der Waals surface area contributed by atoms with Crippen molar-refractivity contribution in [2.24, 2.45) is 0 Å². The van der Waals surface area contributed by atoms with Crippen LogP contribution in [0.25, 0.3) is 0 Å². The van der Waals surface area contributed by atoms with E-state index in [1.54, 1.807) is 0 Å². The average molecular weight is 277 g/mol. The minimum Gasteiger partial charge on any atom is -0.378 e. The first-order valence-corrected chi connectivity index (χ1v) is 9.10. The van der Waals surface area contributed by atoms with Gasteiger partial charge in [0.15, 0.2) is 0 Å². The van der Waals surface area contributed by atoms with Gasteiger partial charge in [0.25, 0.3) is 0 Å². The Labute approximate surface area is 111 Å². The van der Waals surface area contributed by atoms with Crippen LogP contribution in [0.15, 0.2) is 0 Å². The lowest BCUT2D eigenvalue weighted by Crippen LogP contribution is -2.30. The maximum absolute atomic E-state index is 11.1. The van der Waals surface area contributed by atoms with E-state index in [1.165, 1.54) is 19.1 Å². The van der Waals surface area contributed by atoms with Gasteiger partial charge in [0, 0.05) is 24.7 Å². The third kappa shape index (κ3) is 7.34. The summed E-state index contributed by atoms with van der Waals surface area (Å²) in [4.78, 5) is 0. The van der Waals surface area contributed by atoms with Gasteiger partial charge < -0.3 is 10.1 Å². The van der Waals surface area contributed by atoms with Crippen molar-refractivity contribution < 1.29 is 13.2 Å². The second-order valence-electron chi connectivity index (χ2n) is 5.24. The van der Waals surface area contributed by atoms with E-state index in [2.05, 4.69) is 12.2 Å². The third-order valence-corrected chi connectivity index (χ3v) is 4.45. The second-order valence-corrected chi connectivity index (χ2v) is 7.50. The van der Waals surface area contributed by atoms with Gasteiger partial charge in [0.1, 0.15) is 9.84 Å². The van der Waals surface area contributed by atoms with Gasteiger partial charge in [-0.15, -0.1) is 0 Å². The van der Waals surface area contributed by atoms with Crippen LogP contribution in [0.5, 0.6) is 0 Å². The van der Waals surface area contributed by atoms with Crippen molar-refractivity contribution in [3.63, 3.8) is 0 Å². The maximum atomic E-state index is 11.1. The molecule has 0 aromatic heterocycles. The molecule has 108 valence electrons. The highest BCUT2D eigenvalue weighted by molar-refractivity contribution is 7.90. The predicted molar refractivity (Wildman–Crippen MR) is 74.6 cm³/mol. The molecule has 0 spiro atoms. The van der Waals surface area contributed by atoms with Gasteiger partial charge in [-0.1, -0.05) is 6.92 Å². The van der Waals surface area contributed by atoms with Crippen LogP contribution >= 0.6 is 0 Å². The minimum atomic E-state index is -2.82. The standard InChI is InChI=1S/C13H27NO3S/c1-3-14-12(6-5-11-18(2,15)16)8-9-13-7-4-10-17-13/h12-14H,3-11H2,1-2H3. The van der Waals surface area contributed by atoms with E-state index in [9.17, 15) is 8.42 Å². The number of hydrogen-bond acceptors (Lipinski definition) is 4. The number of ether oxygens (including phenoxy) is 1.